The maximum Gasteiger partial charge on any atom is 0.273 e. The minimum Gasteiger partial charge on any atom is -0.326 e. The van der Waals surface area contributed by atoms with Crippen molar-refractivity contribution in [3.05, 3.63) is 45.6 Å². The highest BCUT2D eigenvalue weighted by molar-refractivity contribution is 7.08. The van der Waals surface area contributed by atoms with Gasteiger partial charge in [0.2, 0.25) is 0 Å². The number of nitrogens with zero attached hydrogens (tertiary/aromatic N) is 2. The fourth-order valence-corrected chi connectivity index (χ4v) is 2.14. The Kier molecular flexibility index (Phi) is 1.72. The number of hydrogen-bond acceptors (Lipinski definition) is 3. The lowest BCUT2D eigenvalue weighted by Gasteiger charge is -1.88. The van der Waals surface area contributed by atoms with E-state index < -0.39 is 0 Å². The lowest BCUT2D eigenvalue weighted by atomic mass is 10.2. The molecule has 3 rings (SSSR count). The first-order valence-electron chi connectivity index (χ1n) is 4.44. The van der Waals surface area contributed by atoms with Crippen molar-refractivity contribution in [2.45, 2.75) is 0 Å². The first-order chi connectivity index (χ1) is 7.34. The molecule has 0 saturated heterocycles. The molecule has 0 bridgehead atoms. The minimum absolute atomic E-state index is 0.119. The van der Waals surface area contributed by atoms with Crippen LogP contribution in [0.5, 0.6) is 0 Å². The number of aromatic amines is 1. The van der Waals surface area contributed by atoms with Crippen molar-refractivity contribution in [1.82, 2.24) is 14.6 Å². The Balaban J connectivity index is 2.32. The van der Waals surface area contributed by atoms with Crippen LogP contribution >= 0.6 is 11.3 Å². The van der Waals surface area contributed by atoms with Crippen LogP contribution in [-0.4, -0.2) is 14.6 Å². The summed E-state index contributed by atoms with van der Waals surface area (Å²) in [5.41, 5.74) is 2.32. The molecule has 0 aromatic carbocycles. The molecule has 15 heavy (non-hydrogen) atoms. The standard InChI is InChI=1S/C10H7N3OS/c14-10-9-5-8(7-1-4-15-6-7)12-13(9)3-2-11-10/h1-6H,(H,11,14). The van der Waals surface area contributed by atoms with Gasteiger partial charge in [0.25, 0.3) is 5.56 Å². The van der Waals surface area contributed by atoms with Crippen LogP contribution in [0.1, 0.15) is 0 Å². The van der Waals surface area contributed by atoms with Gasteiger partial charge in [0, 0.05) is 23.3 Å². The topological polar surface area (TPSA) is 50.2 Å². The van der Waals surface area contributed by atoms with Gasteiger partial charge in [0.05, 0.1) is 5.69 Å². The van der Waals surface area contributed by atoms with Crippen molar-refractivity contribution in [1.29, 1.82) is 0 Å². The summed E-state index contributed by atoms with van der Waals surface area (Å²) in [5, 5.41) is 8.32. The van der Waals surface area contributed by atoms with Crippen LogP contribution in [-0.2, 0) is 0 Å². The molecule has 0 aliphatic rings. The summed E-state index contributed by atoms with van der Waals surface area (Å²) in [6, 6.07) is 3.78. The monoisotopic (exact) mass is 217 g/mol. The zero-order valence-electron chi connectivity index (χ0n) is 7.68. The Morgan fingerprint density at radius 3 is 3.13 bits per heavy atom. The fraction of sp³-hybridized carbons (Fsp3) is 0. The van der Waals surface area contributed by atoms with E-state index in [0.717, 1.165) is 11.3 Å². The van der Waals surface area contributed by atoms with Gasteiger partial charge in [0.15, 0.2) is 0 Å². The first kappa shape index (κ1) is 8.43. The van der Waals surface area contributed by atoms with Gasteiger partial charge in [0.1, 0.15) is 5.52 Å². The second kappa shape index (κ2) is 3.06. The van der Waals surface area contributed by atoms with Gasteiger partial charge >= 0.3 is 0 Å². The fourth-order valence-electron chi connectivity index (χ4n) is 1.49. The second-order valence-electron chi connectivity index (χ2n) is 3.16. The predicted molar refractivity (Wildman–Crippen MR) is 59.1 cm³/mol. The van der Waals surface area contributed by atoms with Crippen molar-refractivity contribution in [2.24, 2.45) is 0 Å². The zero-order valence-corrected chi connectivity index (χ0v) is 8.49. The molecule has 0 radical (unpaired) electrons. The summed E-state index contributed by atoms with van der Waals surface area (Å²) in [6.07, 6.45) is 3.31. The molecule has 0 amide bonds. The summed E-state index contributed by atoms with van der Waals surface area (Å²) >= 11 is 1.61. The van der Waals surface area contributed by atoms with Crippen LogP contribution in [0.3, 0.4) is 0 Å². The molecule has 74 valence electrons. The van der Waals surface area contributed by atoms with E-state index in [1.165, 1.54) is 0 Å². The van der Waals surface area contributed by atoms with Gasteiger partial charge in [-0.25, -0.2) is 4.52 Å². The summed E-state index contributed by atoms with van der Waals surface area (Å²) in [6.45, 7) is 0. The number of fused-ring (bicyclic) bond motifs is 1. The molecular weight excluding hydrogens is 210 g/mol. The van der Waals surface area contributed by atoms with Gasteiger partial charge in [-0.3, -0.25) is 4.79 Å². The van der Waals surface area contributed by atoms with Crippen molar-refractivity contribution in [2.75, 3.05) is 0 Å². The highest BCUT2D eigenvalue weighted by Gasteiger charge is 2.06. The smallest absolute Gasteiger partial charge is 0.273 e. The number of H-pyrrole nitrogens is 1. The van der Waals surface area contributed by atoms with Crippen molar-refractivity contribution in [3.8, 4) is 11.3 Å². The van der Waals surface area contributed by atoms with Gasteiger partial charge < -0.3 is 4.98 Å². The molecule has 0 aliphatic carbocycles. The Morgan fingerprint density at radius 2 is 2.40 bits per heavy atom. The minimum atomic E-state index is -0.119. The van der Waals surface area contributed by atoms with Crippen LogP contribution in [0.15, 0.2) is 40.1 Å². The third kappa shape index (κ3) is 1.28. The van der Waals surface area contributed by atoms with E-state index in [-0.39, 0.29) is 5.56 Å². The molecule has 1 N–H and O–H groups in total. The Bertz CT molecular complexity index is 651. The Morgan fingerprint density at radius 1 is 1.47 bits per heavy atom. The van der Waals surface area contributed by atoms with E-state index in [2.05, 4.69) is 10.1 Å². The molecule has 5 heteroatoms. The van der Waals surface area contributed by atoms with E-state index >= 15 is 0 Å². The Labute approximate surface area is 88.8 Å². The van der Waals surface area contributed by atoms with Crippen LogP contribution in [0.25, 0.3) is 16.8 Å². The molecule has 3 aromatic heterocycles. The molecule has 0 unspecified atom stereocenters. The normalized spacial score (nSPS) is 10.9. The largest absolute Gasteiger partial charge is 0.326 e. The third-order valence-electron chi connectivity index (χ3n) is 2.22. The van der Waals surface area contributed by atoms with Gasteiger partial charge in [-0.2, -0.15) is 16.4 Å². The SMILES string of the molecule is O=c1[nH]ccn2nc(-c3ccsc3)cc12. The highest BCUT2D eigenvalue weighted by Crippen LogP contribution is 2.20. The number of hydrogen-bond donors (Lipinski definition) is 1. The summed E-state index contributed by atoms with van der Waals surface area (Å²) in [5.74, 6) is 0. The maximum absolute atomic E-state index is 11.4. The number of thiophene rings is 1. The van der Waals surface area contributed by atoms with E-state index in [9.17, 15) is 4.79 Å². The molecule has 3 heterocycles. The van der Waals surface area contributed by atoms with Gasteiger partial charge in [-0.15, -0.1) is 0 Å². The van der Waals surface area contributed by atoms with Crippen molar-refractivity contribution < 1.29 is 0 Å². The molecule has 0 spiro atoms. The third-order valence-corrected chi connectivity index (χ3v) is 2.90. The second-order valence-corrected chi connectivity index (χ2v) is 3.94. The van der Waals surface area contributed by atoms with Gasteiger partial charge in [-0.1, -0.05) is 0 Å². The van der Waals surface area contributed by atoms with Gasteiger partial charge in [-0.05, 0) is 17.5 Å². The van der Waals surface area contributed by atoms with E-state index in [1.807, 2.05) is 16.8 Å². The number of aromatic nitrogens is 3. The molecular formula is C10H7N3OS. The molecule has 3 aromatic rings. The number of nitrogens with one attached hydrogen (secondary N) is 1. The van der Waals surface area contributed by atoms with E-state index in [4.69, 9.17) is 0 Å². The van der Waals surface area contributed by atoms with Crippen LogP contribution in [0.2, 0.25) is 0 Å². The van der Waals surface area contributed by atoms with Crippen molar-refractivity contribution >= 4 is 16.9 Å². The molecule has 4 nitrogen and oxygen atoms in total. The quantitative estimate of drug-likeness (QED) is 0.675. The lowest BCUT2D eigenvalue weighted by molar-refractivity contribution is 0.940. The average Bonchev–Trinajstić information content (AvgIpc) is 2.86. The predicted octanol–water partition coefficient (Wildman–Crippen LogP) is 1.75. The summed E-state index contributed by atoms with van der Waals surface area (Å²) in [7, 11) is 0. The van der Waals surface area contributed by atoms with E-state index in [0.29, 0.717) is 5.52 Å². The highest BCUT2D eigenvalue weighted by atomic mass is 32.1. The molecule has 0 atom stereocenters. The maximum atomic E-state index is 11.4. The Hall–Kier alpha value is -1.88. The summed E-state index contributed by atoms with van der Waals surface area (Å²) in [4.78, 5) is 14.1. The molecule has 0 aliphatic heterocycles. The van der Waals surface area contributed by atoms with Crippen LogP contribution in [0.4, 0.5) is 0 Å². The van der Waals surface area contributed by atoms with E-state index in [1.54, 1.807) is 34.3 Å². The zero-order chi connectivity index (χ0) is 10.3. The van der Waals surface area contributed by atoms with Crippen LogP contribution < -0.4 is 5.56 Å². The summed E-state index contributed by atoms with van der Waals surface area (Å²) < 4.78 is 1.59. The average molecular weight is 217 g/mol. The molecule has 0 saturated carbocycles. The number of rotatable bonds is 1. The van der Waals surface area contributed by atoms with Crippen molar-refractivity contribution in [3.63, 3.8) is 0 Å². The van der Waals surface area contributed by atoms with Crippen LogP contribution in [0, 0.1) is 0 Å². The molecule has 0 fully saturated rings. The first-order valence-corrected chi connectivity index (χ1v) is 5.38. The lowest BCUT2D eigenvalue weighted by Crippen LogP contribution is -2.07.